The summed E-state index contributed by atoms with van der Waals surface area (Å²) >= 11 is 0. The standard InChI is InChI=1S/C21H14F3N5O3/c1-11-6-18(32-28-11)12-7-15(22)20-27-26-19(29(20)9-12)10-30-17-4-5-25-16-8-13(31-21(23)24)2-3-14(16)17/h2-9,21H,10H2,1H3. The molecule has 5 aromatic rings. The zero-order chi connectivity index (χ0) is 22.2. The van der Waals surface area contributed by atoms with Gasteiger partial charge in [-0.25, -0.2) is 4.39 Å². The Morgan fingerprint density at radius 1 is 1.12 bits per heavy atom. The molecular formula is C21H14F3N5O3. The van der Waals surface area contributed by atoms with E-state index in [1.54, 1.807) is 31.3 Å². The van der Waals surface area contributed by atoms with Crippen molar-refractivity contribution >= 4 is 16.6 Å². The van der Waals surface area contributed by atoms with Crippen LogP contribution in [0.3, 0.4) is 0 Å². The van der Waals surface area contributed by atoms with Gasteiger partial charge >= 0.3 is 6.61 Å². The Morgan fingerprint density at radius 2 is 2.00 bits per heavy atom. The number of nitrogens with zero attached hydrogens (tertiary/aromatic N) is 5. The number of pyridine rings is 2. The van der Waals surface area contributed by atoms with Gasteiger partial charge in [0.25, 0.3) is 0 Å². The van der Waals surface area contributed by atoms with Crippen LogP contribution in [-0.2, 0) is 6.61 Å². The molecule has 4 aromatic heterocycles. The summed E-state index contributed by atoms with van der Waals surface area (Å²) in [5, 5.41) is 12.3. The van der Waals surface area contributed by atoms with Crippen LogP contribution in [0.1, 0.15) is 11.5 Å². The van der Waals surface area contributed by atoms with Crippen LogP contribution < -0.4 is 9.47 Å². The Bertz CT molecular complexity index is 1430. The largest absolute Gasteiger partial charge is 0.485 e. The Morgan fingerprint density at radius 3 is 2.78 bits per heavy atom. The van der Waals surface area contributed by atoms with E-state index >= 15 is 0 Å². The van der Waals surface area contributed by atoms with E-state index in [0.29, 0.717) is 39.5 Å². The van der Waals surface area contributed by atoms with Gasteiger partial charge in [-0.1, -0.05) is 5.16 Å². The van der Waals surface area contributed by atoms with Crippen molar-refractivity contribution < 1.29 is 27.2 Å². The van der Waals surface area contributed by atoms with Crippen molar-refractivity contribution in [1.82, 2.24) is 24.7 Å². The van der Waals surface area contributed by atoms with Gasteiger partial charge in [0.05, 0.1) is 11.2 Å². The predicted octanol–water partition coefficient (Wildman–Crippen LogP) is 4.56. The number of ether oxygens (including phenoxy) is 2. The van der Waals surface area contributed by atoms with E-state index in [1.807, 2.05) is 0 Å². The van der Waals surface area contributed by atoms with Crippen molar-refractivity contribution in [3.05, 3.63) is 66.1 Å². The number of aromatic nitrogens is 5. The second kappa shape index (κ2) is 7.84. The highest BCUT2D eigenvalue weighted by molar-refractivity contribution is 5.85. The molecule has 0 aliphatic heterocycles. The van der Waals surface area contributed by atoms with Crippen LogP contribution in [0.2, 0.25) is 0 Å². The lowest BCUT2D eigenvalue weighted by Gasteiger charge is -2.10. The summed E-state index contributed by atoms with van der Waals surface area (Å²) in [7, 11) is 0. The van der Waals surface area contributed by atoms with E-state index in [0.717, 1.165) is 0 Å². The second-order valence-electron chi connectivity index (χ2n) is 6.87. The zero-order valence-corrected chi connectivity index (χ0v) is 16.5. The van der Waals surface area contributed by atoms with E-state index < -0.39 is 12.4 Å². The smallest absolute Gasteiger partial charge is 0.387 e. The predicted molar refractivity (Wildman–Crippen MR) is 106 cm³/mol. The number of hydrogen-bond donors (Lipinski definition) is 0. The van der Waals surface area contributed by atoms with Gasteiger partial charge < -0.3 is 14.0 Å². The minimum Gasteiger partial charge on any atom is -0.485 e. The molecule has 0 bridgehead atoms. The molecule has 0 amide bonds. The zero-order valence-electron chi connectivity index (χ0n) is 16.5. The van der Waals surface area contributed by atoms with Gasteiger partial charge in [0.1, 0.15) is 18.1 Å². The topological polar surface area (TPSA) is 87.6 Å². The highest BCUT2D eigenvalue weighted by atomic mass is 19.3. The number of hydrogen-bond acceptors (Lipinski definition) is 7. The minimum atomic E-state index is -2.93. The molecule has 8 nitrogen and oxygen atoms in total. The van der Waals surface area contributed by atoms with Gasteiger partial charge in [-0.05, 0) is 31.2 Å². The molecule has 1 aromatic carbocycles. The maximum atomic E-state index is 14.6. The summed E-state index contributed by atoms with van der Waals surface area (Å²) in [5.74, 6) is 0.616. The Labute approximate surface area is 178 Å². The summed E-state index contributed by atoms with van der Waals surface area (Å²) in [4.78, 5) is 4.16. The van der Waals surface area contributed by atoms with E-state index in [1.165, 1.54) is 28.8 Å². The van der Waals surface area contributed by atoms with Crippen molar-refractivity contribution in [1.29, 1.82) is 0 Å². The van der Waals surface area contributed by atoms with Crippen molar-refractivity contribution in [3.63, 3.8) is 0 Å². The molecule has 0 aliphatic carbocycles. The molecule has 0 N–H and O–H groups in total. The Hall–Kier alpha value is -4.15. The second-order valence-corrected chi connectivity index (χ2v) is 6.87. The highest BCUT2D eigenvalue weighted by Gasteiger charge is 2.16. The molecule has 0 unspecified atom stereocenters. The lowest BCUT2D eigenvalue weighted by molar-refractivity contribution is -0.0497. The molecule has 0 atom stereocenters. The molecule has 5 rings (SSSR count). The number of alkyl halides is 2. The van der Waals surface area contributed by atoms with Gasteiger partial charge in [-0.3, -0.25) is 9.38 Å². The summed E-state index contributed by atoms with van der Waals surface area (Å²) < 4.78 is 56.4. The third-order valence-electron chi connectivity index (χ3n) is 4.70. The molecule has 32 heavy (non-hydrogen) atoms. The van der Waals surface area contributed by atoms with Gasteiger partial charge in [-0.15, -0.1) is 10.2 Å². The van der Waals surface area contributed by atoms with Crippen LogP contribution in [0.25, 0.3) is 27.9 Å². The number of halogens is 3. The Balaban J connectivity index is 1.45. The fourth-order valence-electron chi connectivity index (χ4n) is 3.28. The fourth-order valence-corrected chi connectivity index (χ4v) is 3.28. The molecule has 4 heterocycles. The third-order valence-corrected chi connectivity index (χ3v) is 4.70. The first kappa shape index (κ1) is 19.8. The molecule has 162 valence electrons. The lowest BCUT2D eigenvalue weighted by Crippen LogP contribution is -2.03. The van der Waals surface area contributed by atoms with Crippen LogP contribution in [0.15, 0.2) is 53.3 Å². The SMILES string of the molecule is Cc1cc(-c2cc(F)c3nnc(COc4ccnc5cc(OC(F)F)ccc45)n3c2)on1. The van der Waals surface area contributed by atoms with Gasteiger partial charge in [-0.2, -0.15) is 8.78 Å². The van der Waals surface area contributed by atoms with Crippen molar-refractivity contribution in [3.8, 4) is 22.8 Å². The van der Waals surface area contributed by atoms with Crippen LogP contribution >= 0.6 is 0 Å². The minimum absolute atomic E-state index is 0.00809. The molecule has 0 aliphatic rings. The molecule has 0 fully saturated rings. The number of fused-ring (bicyclic) bond motifs is 2. The Kier molecular flexibility index (Phi) is 4.85. The van der Waals surface area contributed by atoms with E-state index in [9.17, 15) is 13.2 Å². The van der Waals surface area contributed by atoms with Gasteiger partial charge in [0.15, 0.2) is 23.0 Å². The molecule has 11 heteroatoms. The first-order valence-corrected chi connectivity index (χ1v) is 9.41. The van der Waals surface area contributed by atoms with E-state index in [2.05, 4.69) is 25.1 Å². The summed E-state index contributed by atoms with van der Waals surface area (Å²) in [5.41, 5.74) is 1.59. The van der Waals surface area contributed by atoms with Crippen LogP contribution in [0, 0.1) is 12.7 Å². The number of benzene rings is 1. The van der Waals surface area contributed by atoms with Crippen LogP contribution in [-0.4, -0.2) is 31.4 Å². The monoisotopic (exact) mass is 441 g/mol. The van der Waals surface area contributed by atoms with Crippen LogP contribution in [0.5, 0.6) is 11.5 Å². The average Bonchev–Trinajstić information content (AvgIpc) is 3.38. The van der Waals surface area contributed by atoms with E-state index in [-0.39, 0.29) is 18.0 Å². The quantitative estimate of drug-likeness (QED) is 0.382. The van der Waals surface area contributed by atoms with Crippen molar-refractivity contribution in [2.24, 2.45) is 0 Å². The lowest BCUT2D eigenvalue weighted by atomic mass is 10.2. The highest BCUT2D eigenvalue weighted by Crippen LogP contribution is 2.29. The van der Waals surface area contributed by atoms with Crippen molar-refractivity contribution in [2.75, 3.05) is 0 Å². The molecule has 0 radical (unpaired) electrons. The maximum absolute atomic E-state index is 14.6. The normalized spacial score (nSPS) is 11.5. The number of aryl methyl sites for hydroxylation is 1. The van der Waals surface area contributed by atoms with Gasteiger partial charge in [0.2, 0.25) is 0 Å². The molecule has 0 saturated heterocycles. The van der Waals surface area contributed by atoms with Gasteiger partial charge in [0, 0.05) is 35.5 Å². The molecular weight excluding hydrogens is 427 g/mol. The average molecular weight is 441 g/mol. The van der Waals surface area contributed by atoms with Crippen LogP contribution in [0.4, 0.5) is 13.2 Å². The third kappa shape index (κ3) is 3.68. The summed E-state index contributed by atoms with van der Waals surface area (Å²) in [6, 6.07) is 8.97. The van der Waals surface area contributed by atoms with Crippen molar-refractivity contribution in [2.45, 2.75) is 20.1 Å². The maximum Gasteiger partial charge on any atom is 0.387 e. The fraction of sp³-hybridized carbons (Fsp3) is 0.143. The first-order valence-electron chi connectivity index (χ1n) is 9.41. The molecule has 0 saturated carbocycles. The molecule has 0 spiro atoms. The number of rotatable bonds is 6. The van der Waals surface area contributed by atoms with E-state index in [4.69, 9.17) is 9.26 Å². The first-order chi connectivity index (χ1) is 15.5. The summed E-state index contributed by atoms with van der Waals surface area (Å²) in [6.45, 7) is -1.20. The summed E-state index contributed by atoms with van der Waals surface area (Å²) in [6.07, 6.45) is 3.12.